The molecule has 0 unspecified atom stereocenters. The van der Waals surface area contributed by atoms with Crippen LogP contribution < -0.4 is 0 Å². The van der Waals surface area contributed by atoms with Gasteiger partial charge in [-0.2, -0.15) is 0 Å². The number of benzene rings is 1. The molecule has 0 radical (unpaired) electrons. The molecule has 0 spiro atoms. The van der Waals surface area contributed by atoms with E-state index in [-0.39, 0.29) is 18.4 Å². The Hall–Kier alpha value is -1.49. The lowest BCUT2D eigenvalue weighted by Crippen LogP contribution is -2.37. The molecule has 1 aromatic carbocycles. The van der Waals surface area contributed by atoms with Gasteiger partial charge in [0.05, 0.1) is 12.4 Å². The van der Waals surface area contributed by atoms with Crippen LogP contribution in [-0.4, -0.2) is 42.2 Å². The molecule has 110 valence electrons. The Morgan fingerprint density at radius 1 is 1.20 bits per heavy atom. The molecule has 0 heterocycles. The second-order valence-corrected chi connectivity index (χ2v) is 5.18. The van der Waals surface area contributed by atoms with Crippen molar-refractivity contribution in [3.63, 3.8) is 0 Å². The molecule has 0 aromatic heterocycles. The van der Waals surface area contributed by atoms with Gasteiger partial charge in [0.1, 0.15) is 6.54 Å². The number of nitrogens with zero attached hydrogens (tertiary/aromatic N) is 1. The van der Waals surface area contributed by atoms with Crippen LogP contribution in [0.15, 0.2) is 30.3 Å². The number of hydrogen-bond acceptors (Lipinski definition) is 4. The van der Waals surface area contributed by atoms with Crippen LogP contribution in [0.3, 0.4) is 0 Å². The van der Waals surface area contributed by atoms with Crippen LogP contribution in [-0.2, 0) is 20.1 Å². The molecule has 0 atom stereocenters. The van der Waals surface area contributed by atoms with Crippen molar-refractivity contribution in [3.8, 4) is 0 Å². The van der Waals surface area contributed by atoms with Crippen molar-refractivity contribution >= 4 is 23.6 Å². The lowest BCUT2D eigenvalue weighted by molar-refractivity contribution is -0.148. The van der Waals surface area contributed by atoms with E-state index in [1.54, 1.807) is 18.7 Å². The van der Waals surface area contributed by atoms with Gasteiger partial charge in [0.2, 0.25) is 5.91 Å². The Bertz CT molecular complexity index is 422. The Balaban J connectivity index is 2.34. The number of esters is 1. The zero-order chi connectivity index (χ0) is 14.8. The number of carbonyl (C=O) groups excluding carboxylic acids is 2. The van der Waals surface area contributed by atoms with E-state index in [9.17, 15) is 9.59 Å². The quantitative estimate of drug-likeness (QED) is 0.691. The first-order chi connectivity index (χ1) is 9.67. The predicted octanol–water partition coefficient (Wildman–Crippen LogP) is 2.33. The fourth-order valence-electron chi connectivity index (χ4n) is 1.66. The van der Waals surface area contributed by atoms with Crippen molar-refractivity contribution in [2.75, 3.05) is 25.4 Å². The summed E-state index contributed by atoms with van der Waals surface area (Å²) in [6.07, 6.45) is 0. The number of ether oxygens (including phenoxy) is 1. The number of thioether (sulfide) groups is 1. The Morgan fingerprint density at radius 3 is 2.50 bits per heavy atom. The molecule has 1 amide bonds. The largest absolute Gasteiger partial charge is 0.465 e. The van der Waals surface area contributed by atoms with E-state index in [0.29, 0.717) is 18.9 Å². The fraction of sp³-hybridized carbons (Fsp3) is 0.467. The minimum atomic E-state index is -0.351. The van der Waals surface area contributed by atoms with Crippen molar-refractivity contribution in [2.45, 2.75) is 19.6 Å². The van der Waals surface area contributed by atoms with Gasteiger partial charge < -0.3 is 9.64 Å². The molecule has 1 rings (SSSR count). The monoisotopic (exact) mass is 295 g/mol. The Morgan fingerprint density at radius 2 is 1.90 bits per heavy atom. The summed E-state index contributed by atoms with van der Waals surface area (Å²) in [5.74, 6) is 0.795. The van der Waals surface area contributed by atoms with Gasteiger partial charge in [-0.25, -0.2) is 0 Å². The maximum Gasteiger partial charge on any atom is 0.325 e. The fourth-order valence-corrected chi connectivity index (χ4v) is 2.55. The molecular formula is C15H21NO3S. The van der Waals surface area contributed by atoms with Gasteiger partial charge in [-0.15, -0.1) is 11.8 Å². The van der Waals surface area contributed by atoms with E-state index in [0.717, 1.165) is 5.75 Å². The summed E-state index contributed by atoms with van der Waals surface area (Å²) in [4.78, 5) is 24.9. The second kappa shape index (κ2) is 9.42. The number of carbonyl (C=O) groups is 2. The topological polar surface area (TPSA) is 46.6 Å². The second-order valence-electron chi connectivity index (χ2n) is 4.19. The van der Waals surface area contributed by atoms with Gasteiger partial charge in [0, 0.05) is 12.3 Å². The van der Waals surface area contributed by atoms with Crippen molar-refractivity contribution < 1.29 is 14.3 Å². The first-order valence-corrected chi connectivity index (χ1v) is 7.87. The van der Waals surface area contributed by atoms with Crippen LogP contribution in [0, 0.1) is 0 Å². The summed E-state index contributed by atoms with van der Waals surface area (Å²) in [5, 5.41) is 0. The van der Waals surface area contributed by atoms with Crippen molar-refractivity contribution in [1.82, 2.24) is 4.90 Å². The zero-order valence-corrected chi connectivity index (χ0v) is 12.8. The van der Waals surface area contributed by atoms with Crippen molar-refractivity contribution in [3.05, 3.63) is 35.9 Å². The summed E-state index contributed by atoms with van der Waals surface area (Å²) < 4.78 is 4.86. The maximum atomic E-state index is 12.0. The molecule has 4 nitrogen and oxygen atoms in total. The third kappa shape index (κ3) is 6.10. The van der Waals surface area contributed by atoms with Crippen molar-refractivity contribution in [1.29, 1.82) is 0 Å². The molecular weight excluding hydrogens is 274 g/mol. The lowest BCUT2D eigenvalue weighted by Gasteiger charge is -2.19. The number of likely N-dealkylation sites (N-methyl/N-ethyl adjacent to an activating group) is 1. The minimum absolute atomic E-state index is 0.0264. The number of amides is 1. The molecule has 1 aromatic rings. The van der Waals surface area contributed by atoms with Gasteiger partial charge in [0.15, 0.2) is 0 Å². The SMILES string of the molecule is CCOC(=O)CN(CC)C(=O)CSCc1ccccc1. The number of rotatable bonds is 8. The first kappa shape index (κ1) is 16.6. The third-order valence-electron chi connectivity index (χ3n) is 2.70. The average Bonchev–Trinajstić information content (AvgIpc) is 2.46. The molecule has 0 bridgehead atoms. The molecule has 0 fully saturated rings. The molecule has 0 saturated heterocycles. The predicted molar refractivity (Wildman–Crippen MR) is 81.5 cm³/mol. The first-order valence-electron chi connectivity index (χ1n) is 6.72. The highest BCUT2D eigenvalue weighted by molar-refractivity contribution is 7.99. The van der Waals surface area contributed by atoms with Crippen LogP contribution in [0.1, 0.15) is 19.4 Å². The molecule has 0 aliphatic carbocycles. The normalized spacial score (nSPS) is 10.1. The maximum absolute atomic E-state index is 12.0. The molecule has 0 aliphatic rings. The average molecular weight is 295 g/mol. The summed E-state index contributed by atoms with van der Waals surface area (Å²) in [6, 6.07) is 10.0. The highest BCUT2D eigenvalue weighted by Gasteiger charge is 2.15. The number of hydrogen-bond donors (Lipinski definition) is 0. The highest BCUT2D eigenvalue weighted by Crippen LogP contribution is 2.12. The molecule has 0 aliphatic heterocycles. The Kier molecular flexibility index (Phi) is 7.80. The van der Waals surface area contributed by atoms with E-state index in [1.165, 1.54) is 10.5 Å². The van der Waals surface area contributed by atoms with Crippen LogP contribution in [0.4, 0.5) is 0 Å². The van der Waals surface area contributed by atoms with Gasteiger partial charge in [-0.05, 0) is 19.4 Å². The minimum Gasteiger partial charge on any atom is -0.465 e. The van der Waals surface area contributed by atoms with Crippen molar-refractivity contribution in [2.24, 2.45) is 0 Å². The highest BCUT2D eigenvalue weighted by atomic mass is 32.2. The summed E-state index contributed by atoms with van der Waals surface area (Å²) in [5.41, 5.74) is 1.19. The molecule has 20 heavy (non-hydrogen) atoms. The van der Waals surface area contributed by atoms with Crippen LogP contribution in [0.5, 0.6) is 0 Å². The van der Waals surface area contributed by atoms with E-state index < -0.39 is 0 Å². The molecule has 0 N–H and O–H groups in total. The van der Waals surface area contributed by atoms with Gasteiger partial charge in [-0.1, -0.05) is 30.3 Å². The Labute approximate surface area is 124 Å². The third-order valence-corrected chi connectivity index (χ3v) is 3.69. The molecule has 0 saturated carbocycles. The van der Waals surface area contributed by atoms with E-state index in [4.69, 9.17) is 4.74 Å². The smallest absolute Gasteiger partial charge is 0.325 e. The van der Waals surface area contributed by atoms with Gasteiger partial charge >= 0.3 is 5.97 Å². The van der Waals surface area contributed by atoms with Crippen LogP contribution in [0.2, 0.25) is 0 Å². The van der Waals surface area contributed by atoms with E-state index in [1.807, 2.05) is 37.3 Å². The summed E-state index contributed by atoms with van der Waals surface area (Å²) in [7, 11) is 0. The zero-order valence-electron chi connectivity index (χ0n) is 12.0. The van der Waals surface area contributed by atoms with Crippen LogP contribution >= 0.6 is 11.8 Å². The van der Waals surface area contributed by atoms with Gasteiger partial charge in [0.25, 0.3) is 0 Å². The summed E-state index contributed by atoms with van der Waals surface area (Å²) in [6.45, 7) is 4.51. The standard InChI is InChI=1S/C15H21NO3S/c1-3-16(10-15(18)19-4-2)14(17)12-20-11-13-8-6-5-7-9-13/h5-9H,3-4,10-12H2,1-2H3. The summed E-state index contributed by atoms with van der Waals surface area (Å²) >= 11 is 1.56. The van der Waals surface area contributed by atoms with Gasteiger partial charge in [-0.3, -0.25) is 9.59 Å². The molecule has 5 heteroatoms. The van der Waals surface area contributed by atoms with E-state index >= 15 is 0 Å². The lowest BCUT2D eigenvalue weighted by atomic mass is 10.2. The van der Waals surface area contributed by atoms with E-state index in [2.05, 4.69) is 0 Å². The van der Waals surface area contributed by atoms with Crippen LogP contribution in [0.25, 0.3) is 0 Å².